The van der Waals surface area contributed by atoms with Gasteiger partial charge in [0, 0.05) is 31.0 Å². The van der Waals surface area contributed by atoms with Gasteiger partial charge in [-0.2, -0.15) is 0 Å². The minimum atomic E-state index is 0.122. The van der Waals surface area contributed by atoms with Gasteiger partial charge >= 0.3 is 0 Å². The number of ether oxygens (including phenoxy) is 1. The number of carbonyl (C=O) groups is 1. The molecular weight excluding hydrogens is 276 g/mol. The minimum Gasteiger partial charge on any atom is -0.381 e. The Labute approximate surface area is 130 Å². The molecule has 4 heteroatoms. The SMILES string of the molecule is O=C(Cn1ccc2ccccc21)NC1CCC12CCOCC2. The van der Waals surface area contributed by atoms with E-state index >= 15 is 0 Å². The summed E-state index contributed by atoms with van der Waals surface area (Å²) in [5.74, 6) is 0.122. The molecule has 1 atom stereocenters. The fourth-order valence-corrected chi connectivity index (χ4v) is 3.97. The van der Waals surface area contributed by atoms with Gasteiger partial charge in [-0.15, -0.1) is 0 Å². The van der Waals surface area contributed by atoms with Crippen molar-refractivity contribution < 1.29 is 9.53 Å². The summed E-state index contributed by atoms with van der Waals surface area (Å²) in [5, 5.41) is 4.44. The highest BCUT2D eigenvalue weighted by atomic mass is 16.5. The van der Waals surface area contributed by atoms with Crippen LogP contribution in [0.2, 0.25) is 0 Å². The zero-order valence-corrected chi connectivity index (χ0v) is 12.8. The maximum atomic E-state index is 12.4. The number of aromatic nitrogens is 1. The Hall–Kier alpha value is -1.81. The molecule has 1 amide bonds. The highest BCUT2D eigenvalue weighted by Crippen LogP contribution is 2.48. The topological polar surface area (TPSA) is 43.3 Å². The molecule has 1 spiro atoms. The monoisotopic (exact) mass is 298 g/mol. The summed E-state index contributed by atoms with van der Waals surface area (Å²) < 4.78 is 7.50. The molecular formula is C18H22N2O2. The van der Waals surface area contributed by atoms with Gasteiger partial charge in [0.1, 0.15) is 6.54 Å². The number of benzene rings is 1. The van der Waals surface area contributed by atoms with Crippen LogP contribution in [0.25, 0.3) is 10.9 Å². The lowest BCUT2D eigenvalue weighted by Crippen LogP contribution is -2.57. The second-order valence-electron chi connectivity index (χ2n) is 6.64. The molecule has 2 fully saturated rings. The molecule has 1 saturated carbocycles. The van der Waals surface area contributed by atoms with Crippen LogP contribution in [0.5, 0.6) is 0 Å². The number of carbonyl (C=O) groups excluding carboxylic acids is 1. The van der Waals surface area contributed by atoms with Crippen LogP contribution in [-0.4, -0.2) is 29.7 Å². The normalized spacial score (nSPS) is 23.4. The third-order valence-corrected chi connectivity index (χ3v) is 5.49. The highest BCUT2D eigenvalue weighted by Gasteiger charge is 2.47. The standard InChI is InChI=1S/C18H22N2O2/c21-17(13-20-10-6-14-3-1-2-4-15(14)20)19-16-5-7-18(16)8-11-22-12-9-18/h1-4,6,10,16H,5,7-9,11-13H2,(H,19,21). The van der Waals surface area contributed by atoms with E-state index in [4.69, 9.17) is 4.74 Å². The van der Waals surface area contributed by atoms with Gasteiger partial charge in [0.25, 0.3) is 0 Å². The lowest BCUT2D eigenvalue weighted by Gasteiger charge is -2.52. The fraction of sp³-hybridized carbons (Fsp3) is 0.500. The van der Waals surface area contributed by atoms with Gasteiger partial charge in [0.2, 0.25) is 5.91 Å². The third-order valence-electron chi connectivity index (χ3n) is 5.49. The van der Waals surface area contributed by atoms with Crippen molar-refractivity contribution in [1.29, 1.82) is 0 Å². The summed E-state index contributed by atoms with van der Waals surface area (Å²) in [6, 6.07) is 10.6. The van der Waals surface area contributed by atoms with Crippen molar-refractivity contribution in [1.82, 2.24) is 9.88 Å². The van der Waals surface area contributed by atoms with Crippen molar-refractivity contribution in [3.63, 3.8) is 0 Å². The third kappa shape index (κ3) is 2.31. The van der Waals surface area contributed by atoms with E-state index < -0.39 is 0 Å². The molecule has 1 N–H and O–H groups in total. The van der Waals surface area contributed by atoms with E-state index in [0.717, 1.165) is 38.0 Å². The van der Waals surface area contributed by atoms with Crippen LogP contribution in [0.4, 0.5) is 0 Å². The van der Waals surface area contributed by atoms with Crippen molar-refractivity contribution in [2.45, 2.75) is 38.3 Å². The zero-order chi connectivity index (χ0) is 15.0. The molecule has 116 valence electrons. The molecule has 1 aliphatic carbocycles. The van der Waals surface area contributed by atoms with Crippen molar-refractivity contribution in [3.05, 3.63) is 36.5 Å². The van der Waals surface area contributed by atoms with Crippen LogP contribution in [0.3, 0.4) is 0 Å². The largest absolute Gasteiger partial charge is 0.381 e. The number of rotatable bonds is 3. The van der Waals surface area contributed by atoms with Crippen LogP contribution < -0.4 is 5.32 Å². The summed E-state index contributed by atoms with van der Waals surface area (Å²) in [5.41, 5.74) is 1.43. The molecule has 4 rings (SSSR count). The number of para-hydroxylation sites is 1. The first-order valence-electron chi connectivity index (χ1n) is 8.18. The van der Waals surface area contributed by atoms with Crippen molar-refractivity contribution in [2.75, 3.05) is 13.2 Å². The highest BCUT2D eigenvalue weighted by molar-refractivity contribution is 5.83. The Morgan fingerprint density at radius 2 is 2.05 bits per heavy atom. The average molecular weight is 298 g/mol. The van der Waals surface area contributed by atoms with Crippen molar-refractivity contribution in [2.24, 2.45) is 5.41 Å². The molecule has 1 aromatic carbocycles. The predicted molar refractivity (Wildman–Crippen MR) is 85.6 cm³/mol. The molecule has 0 radical (unpaired) electrons. The maximum Gasteiger partial charge on any atom is 0.240 e. The number of hydrogen-bond donors (Lipinski definition) is 1. The van der Waals surface area contributed by atoms with E-state index in [2.05, 4.69) is 23.5 Å². The fourth-order valence-electron chi connectivity index (χ4n) is 3.97. The Balaban J connectivity index is 1.42. The van der Waals surface area contributed by atoms with Crippen LogP contribution >= 0.6 is 0 Å². The summed E-state index contributed by atoms with van der Waals surface area (Å²) in [4.78, 5) is 12.4. The van der Waals surface area contributed by atoms with Crippen molar-refractivity contribution >= 4 is 16.8 Å². The smallest absolute Gasteiger partial charge is 0.240 e. The molecule has 4 nitrogen and oxygen atoms in total. The Morgan fingerprint density at radius 1 is 1.23 bits per heavy atom. The average Bonchev–Trinajstić information content (AvgIpc) is 2.96. The second kappa shape index (κ2) is 5.43. The summed E-state index contributed by atoms with van der Waals surface area (Å²) >= 11 is 0. The molecule has 1 saturated heterocycles. The van der Waals surface area contributed by atoms with E-state index in [1.807, 2.05) is 22.9 Å². The van der Waals surface area contributed by atoms with Crippen LogP contribution in [0.1, 0.15) is 25.7 Å². The first-order valence-corrected chi connectivity index (χ1v) is 8.18. The Bertz CT molecular complexity index is 685. The lowest BCUT2D eigenvalue weighted by atomic mass is 9.60. The molecule has 22 heavy (non-hydrogen) atoms. The van der Waals surface area contributed by atoms with Crippen LogP contribution in [-0.2, 0) is 16.1 Å². The molecule has 2 aliphatic rings. The van der Waals surface area contributed by atoms with E-state index in [1.165, 1.54) is 11.8 Å². The molecule has 1 aliphatic heterocycles. The molecule has 2 heterocycles. The van der Waals surface area contributed by atoms with Gasteiger partial charge in [0.15, 0.2) is 0 Å². The number of nitrogens with one attached hydrogen (secondary N) is 1. The molecule has 2 aromatic rings. The van der Waals surface area contributed by atoms with Gasteiger partial charge in [-0.3, -0.25) is 4.79 Å². The van der Waals surface area contributed by atoms with Gasteiger partial charge in [-0.25, -0.2) is 0 Å². The Morgan fingerprint density at radius 3 is 2.82 bits per heavy atom. The van der Waals surface area contributed by atoms with Gasteiger partial charge in [-0.05, 0) is 48.6 Å². The summed E-state index contributed by atoms with van der Waals surface area (Å²) in [6.45, 7) is 2.08. The predicted octanol–water partition coefficient (Wildman–Crippen LogP) is 2.72. The minimum absolute atomic E-state index is 0.122. The lowest BCUT2D eigenvalue weighted by molar-refractivity contribution is -0.127. The number of nitrogens with zero attached hydrogens (tertiary/aromatic N) is 1. The van der Waals surface area contributed by atoms with E-state index in [9.17, 15) is 4.79 Å². The number of hydrogen-bond acceptors (Lipinski definition) is 2. The van der Waals surface area contributed by atoms with E-state index in [0.29, 0.717) is 18.0 Å². The molecule has 1 aromatic heterocycles. The Kier molecular flexibility index (Phi) is 3.41. The quantitative estimate of drug-likeness (QED) is 0.947. The first-order chi connectivity index (χ1) is 10.8. The van der Waals surface area contributed by atoms with Crippen LogP contribution in [0, 0.1) is 5.41 Å². The van der Waals surface area contributed by atoms with Gasteiger partial charge in [0.05, 0.1) is 0 Å². The molecule has 0 bridgehead atoms. The molecule has 1 unspecified atom stereocenters. The van der Waals surface area contributed by atoms with E-state index in [1.54, 1.807) is 0 Å². The van der Waals surface area contributed by atoms with Gasteiger partial charge in [-0.1, -0.05) is 18.2 Å². The zero-order valence-electron chi connectivity index (χ0n) is 12.8. The first kappa shape index (κ1) is 13.8. The number of amides is 1. The summed E-state index contributed by atoms with van der Waals surface area (Å²) in [6.07, 6.45) is 6.51. The van der Waals surface area contributed by atoms with E-state index in [-0.39, 0.29) is 5.91 Å². The van der Waals surface area contributed by atoms with Crippen LogP contribution in [0.15, 0.2) is 36.5 Å². The second-order valence-corrected chi connectivity index (χ2v) is 6.64. The number of fused-ring (bicyclic) bond motifs is 1. The van der Waals surface area contributed by atoms with Gasteiger partial charge < -0.3 is 14.6 Å². The maximum absolute atomic E-state index is 12.4. The van der Waals surface area contributed by atoms with Crippen molar-refractivity contribution in [3.8, 4) is 0 Å². The summed E-state index contributed by atoms with van der Waals surface area (Å²) in [7, 11) is 0.